The minimum Gasteiger partial charge on any atom is -0.203 e. The molecule has 1 aromatic rings. The van der Waals surface area contributed by atoms with Crippen LogP contribution in [0.1, 0.15) is 121 Å². The second-order valence-electron chi connectivity index (χ2n) is 10.7. The Hall–Kier alpha value is -1.44. The second kappa shape index (κ2) is 14.1. The molecule has 1 fully saturated rings. The Kier molecular flexibility index (Phi) is 11.2. The molecule has 0 N–H and O–H groups in total. The van der Waals surface area contributed by atoms with Crippen LogP contribution in [0, 0.1) is 29.4 Å². The monoisotopic (exact) mass is 456 g/mol. The number of halogens is 2. The molecule has 0 saturated heterocycles. The number of aryl methyl sites for hydroxylation is 1. The second-order valence-corrected chi connectivity index (χ2v) is 10.7. The minimum absolute atomic E-state index is 0.483. The molecule has 2 aliphatic rings. The van der Waals surface area contributed by atoms with E-state index in [0.29, 0.717) is 29.4 Å². The molecule has 1 aromatic carbocycles. The molecule has 1 saturated carbocycles. The van der Waals surface area contributed by atoms with E-state index in [9.17, 15) is 8.78 Å². The molecule has 0 aromatic heterocycles. The minimum atomic E-state index is -0.642. The summed E-state index contributed by atoms with van der Waals surface area (Å²) in [6.07, 6.45) is 25.5. The summed E-state index contributed by atoms with van der Waals surface area (Å²) in [5.41, 5.74) is 1.99. The highest BCUT2D eigenvalue weighted by atomic mass is 19.2. The van der Waals surface area contributed by atoms with Crippen LogP contribution in [-0.2, 0) is 6.42 Å². The molecule has 184 valence electrons. The Balaban J connectivity index is 1.45. The summed E-state index contributed by atoms with van der Waals surface area (Å²) in [6.45, 7) is 4.49. The summed E-state index contributed by atoms with van der Waals surface area (Å²) in [5.74, 6) is 1.04. The molecule has 1 unspecified atom stereocenters. The topological polar surface area (TPSA) is 0 Å². The van der Waals surface area contributed by atoms with E-state index in [0.717, 1.165) is 37.2 Å². The van der Waals surface area contributed by atoms with Gasteiger partial charge in [-0.2, -0.15) is 0 Å². The number of unbranched alkanes of at least 4 members (excludes halogenated alkanes) is 3. The fourth-order valence-corrected chi connectivity index (χ4v) is 5.80. The third kappa shape index (κ3) is 8.08. The van der Waals surface area contributed by atoms with E-state index in [2.05, 4.69) is 32.1 Å². The highest BCUT2D eigenvalue weighted by Gasteiger charge is 2.21. The quantitative estimate of drug-likeness (QED) is 0.217. The van der Waals surface area contributed by atoms with Crippen LogP contribution in [0.2, 0.25) is 0 Å². The van der Waals surface area contributed by atoms with Gasteiger partial charge < -0.3 is 0 Å². The standard InChI is InChI=1S/C31H46F2/c1-3-5-7-11-25-14-16-26(17-15-25)12-8-9-13-28-22-23-29(31(33)30(28)32)27-20-18-24(19-21-27)10-6-4-2/h8,12,20,22-26H,3-7,9-11,13-19,21H2,1-2H3. The Morgan fingerprint density at radius 1 is 0.848 bits per heavy atom. The lowest BCUT2D eigenvalue weighted by molar-refractivity contribution is 0.289. The highest BCUT2D eigenvalue weighted by Crippen LogP contribution is 2.35. The molecular weight excluding hydrogens is 410 g/mol. The SMILES string of the molecule is CCCCCC1CCC(C=CCCc2ccc(C3=CCC(CCCC)CC3)c(F)c2F)CC1. The predicted molar refractivity (Wildman–Crippen MR) is 138 cm³/mol. The van der Waals surface area contributed by atoms with Crippen LogP contribution in [0.3, 0.4) is 0 Å². The number of benzene rings is 1. The van der Waals surface area contributed by atoms with Gasteiger partial charge in [0.1, 0.15) is 0 Å². The largest absolute Gasteiger partial charge is 0.203 e. The lowest BCUT2D eigenvalue weighted by Gasteiger charge is -2.26. The maximum absolute atomic E-state index is 14.9. The number of rotatable bonds is 12. The molecule has 0 radical (unpaired) electrons. The first-order valence-corrected chi connectivity index (χ1v) is 13.9. The van der Waals surface area contributed by atoms with Gasteiger partial charge in [-0.05, 0) is 86.7 Å². The predicted octanol–water partition coefficient (Wildman–Crippen LogP) is 10.2. The van der Waals surface area contributed by atoms with Crippen molar-refractivity contribution >= 4 is 5.57 Å². The van der Waals surface area contributed by atoms with Crippen LogP contribution in [0.15, 0.2) is 30.4 Å². The van der Waals surface area contributed by atoms with Crippen molar-refractivity contribution in [2.24, 2.45) is 17.8 Å². The van der Waals surface area contributed by atoms with Gasteiger partial charge in [0, 0.05) is 5.56 Å². The van der Waals surface area contributed by atoms with E-state index in [1.54, 1.807) is 0 Å². The summed E-state index contributed by atoms with van der Waals surface area (Å²) in [7, 11) is 0. The van der Waals surface area contributed by atoms with E-state index >= 15 is 0 Å². The van der Waals surface area contributed by atoms with Gasteiger partial charge in [0.15, 0.2) is 11.6 Å². The fraction of sp³-hybridized carbons (Fsp3) is 0.677. The van der Waals surface area contributed by atoms with Gasteiger partial charge in [0.05, 0.1) is 0 Å². The molecular formula is C31H46F2. The molecule has 0 bridgehead atoms. The molecule has 0 spiro atoms. The van der Waals surface area contributed by atoms with Gasteiger partial charge in [-0.3, -0.25) is 0 Å². The molecule has 2 heteroatoms. The Labute approximate surface area is 201 Å². The molecule has 0 amide bonds. The van der Waals surface area contributed by atoms with E-state index in [1.165, 1.54) is 70.6 Å². The van der Waals surface area contributed by atoms with Gasteiger partial charge >= 0.3 is 0 Å². The Morgan fingerprint density at radius 2 is 1.61 bits per heavy atom. The van der Waals surface area contributed by atoms with Gasteiger partial charge in [-0.25, -0.2) is 8.78 Å². The molecule has 3 rings (SSSR count). The third-order valence-electron chi connectivity index (χ3n) is 8.09. The van der Waals surface area contributed by atoms with Crippen molar-refractivity contribution < 1.29 is 8.78 Å². The lowest BCUT2D eigenvalue weighted by Crippen LogP contribution is -2.13. The summed E-state index contributed by atoms with van der Waals surface area (Å²) in [4.78, 5) is 0. The average Bonchev–Trinajstić information content (AvgIpc) is 2.84. The van der Waals surface area contributed by atoms with Crippen molar-refractivity contribution in [3.63, 3.8) is 0 Å². The van der Waals surface area contributed by atoms with Crippen LogP contribution in [0.4, 0.5) is 8.78 Å². The first kappa shape index (κ1) is 26.2. The maximum Gasteiger partial charge on any atom is 0.166 e. The molecule has 2 aliphatic carbocycles. The van der Waals surface area contributed by atoms with E-state index in [-0.39, 0.29) is 0 Å². The fourth-order valence-electron chi connectivity index (χ4n) is 5.80. The zero-order valence-corrected chi connectivity index (χ0v) is 21.2. The number of hydrogen-bond donors (Lipinski definition) is 0. The van der Waals surface area contributed by atoms with Gasteiger partial charge in [-0.15, -0.1) is 0 Å². The van der Waals surface area contributed by atoms with Crippen LogP contribution >= 0.6 is 0 Å². The summed E-state index contributed by atoms with van der Waals surface area (Å²) in [5, 5.41) is 0. The normalized spacial score (nSPS) is 23.8. The first-order chi connectivity index (χ1) is 16.1. The van der Waals surface area contributed by atoms with Gasteiger partial charge in [0.2, 0.25) is 0 Å². The Morgan fingerprint density at radius 3 is 2.30 bits per heavy atom. The zero-order chi connectivity index (χ0) is 23.5. The van der Waals surface area contributed by atoms with Crippen LogP contribution in [-0.4, -0.2) is 0 Å². The molecule has 1 atom stereocenters. The van der Waals surface area contributed by atoms with E-state index < -0.39 is 11.6 Å². The van der Waals surface area contributed by atoms with E-state index in [1.807, 2.05) is 12.1 Å². The van der Waals surface area contributed by atoms with E-state index in [4.69, 9.17) is 0 Å². The molecule has 0 nitrogen and oxygen atoms in total. The number of hydrogen-bond acceptors (Lipinski definition) is 0. The van der Waals surface area contributed by atoms with Crippen LogP contribution in [0.5, 0.6) is 0 Å². The highest BCUT2D eigenvalue weighted by molar-refractivity contribution is 5.67. The summed E-state index contributed by atoms with van der Waals surface area (Å²) < 4.78 is 29.6. The molecule has 0 heterocycles. The van der Waals surface area contributed by atoms with Crippen molar-refractivity contribution in [2.45, 2.75) is 117 Å². The molecule has 0 aliphatic heterocycles. The lowest BCUT2D eigenvalue weighted by atomic mass is 9.79. The Bertz CT molecular complexity index is 767. The van der Waals surface area contributed by atoms with Crippen molar-refractivity contribution in [1.29, 1.82) is 0 Å². The van der Waals surface area contributed by atoms with Gasteiger partial charge in [-0.1, -0.05) is 89.2 Å². The third-order valence-corrected chi connectivity index (χ3v) is 8.09. The van der Waals surface area contributed by atoms with Crippen molar-refractivity contribution in [3.8, 4) is 0 Å². The van der Waals surface area contributed by atoms with Crippen LogP contribution in [0.25, 0.3) is 5.57 Å². The molecule has 33 heavy (non-hydrogen) atoms. The zero-order valence-electron chi connectivity index (χ0n) is 21.2. The maximum atomic E-state index is 14.9. The number of allylic oxidation sites excluding steroid dienone is 4. The van der Waals surface area contributed by atoms with Crippen LogP contribution < -0.4 is 0 Å². The summed E-state index contributed by atoms with van der Waals surface area (Å²) in [6, 6.07) is 3.63. The first-order valence-electron chi connectivity index (χ1n) is 13.9. The smallest absolute Gasteiger partial charge is 0.166 e. The van der Waals surface area contributed by atoms with Gasteiger partial charge in [0.25, 0.3) is 0 Å². The average molecular weight is 457 g/mol. The van der Waals surface area contributed by atoms with Crippen molar-refractivity contribution in [1.82, 2.24) is 0 Å². The summed E-state index contributed by atoms with van der Waals surface area (Å²) >= 11 is 0. The van der Waals surface area contributed by atoms with Crippen molar-refractivity contribution in [2.75, 3.05) is 0 Å². The van der Waals surface area contributed by atoms with Crippen molar-refractivity contribution in [3.05, 3.63) is 53.1 Å².